The first-order chi connectivity index (χ1) is 36.4. The van der Waals surface area contributed by atoms with Crippen LogP contribution in [0.1, 0.15) is 21.9 Å². The highest BCUT2D eigenvalue weighted by Crippen LogP contribution is 2.48. The summed E-state index contributed by atoms with van der Waals surface area (Å²) < 4.78 is 147. The van der Waals surface area contributed by atoms with E-state index in [1.807, 2.05) is 60.7 Å². The predicted octanol–water partition coefficient (Wildman–Crippen LogP) is 16.9. The van der Waals surface area contributed by atoms with Crippen LogP contribution in [-0.4, -0.2) is 0 Å². The van der Waals surface area contributed by atoms with Gasteiger partial charge in [0.05, 0.1) is 21.9 Å². The van der Waals surface area contributed by atoms with Crippen LogP contribution in [0.25, 0.3) is 120 Å². The van der Waals surface area contributed by atoms with Crippen LogP contribution < -0.4 is 0 Å². The van der Waals surface area contributed by atoms with Crippen molar-refractivity contribution in [3.8, 4) is 55.6 Å². The van der Waals surface area contributed by atoms with Gasteiger partial charge in [-0.2, -0.15) is 0 Å². The quantitative estimate of drug-likeness (QED) is 0.121. The number of fused-ring (bicyclic) bond motifs is 7. The van der Waals surface area contributed by atoms with Crippen LogP contribution in [-0.2, 0) is 0 Å². The molecule has 60 heavy (non-hydrogen) atoms. The molecule has 12 aromatic rings. The lowest BCUT2D eigenvalue weighted by atomic mass is 9.83. The van der Waals surface area contributed by atoms with Crippen LogP contribution in [0, 0.1) is 0 Å². The summed E-state index contributed by atoms with van der Waals surface area (Å²) in [6.45, 7) is 0. The molecule has 0 saturated carbocycles. The molecular formula is C60H38. The third-order valence-electron chi connectivity index (χ3n) is 11.5. The average Bonchev–Trinajstić information content (AvgIpc) is 3.62. The fourth-order valence-electron chi connectivity index (χ4n) is 8.93. The van der Waals surface area contributed by atoms with Gasteiger partial charge in [-0.3, -0.25) is 0 Å². The van der Waals surface area contributed by atoms with E-state index in [-0.39, 0.29) is 89.5 Å². The minimum atomic E-state index is -0.533. The maximum Gasteiger partial charge on any atom is 0.0629 e. The van der Waals surface area contributed by atoms with Gasteiger partial charge in [0.1, 0.15) is 0 Å². The Labute approximate surface area is 371 Å². The fraction of sp³-hybridized carbons (Fsp3) is 0. The van der Waals surface area contributed by atoms with Crippen molar-refractivity contribution in [1.29, 1.82) is 0 Å². The lowest BCUT2D eigenvalue weighted by molar-refractivity contribution is 1.65. The van der Waals surface area contributed by atoms with Crippen molar-refractivity contribution in [2.45, 2.75) is 0 Å². The Morgan fingerprint density at radius 3 is 0.967 bits per heavy atom. The van der Waals surface area contributed by atoms with Crippen molar-refractivity contribution in [3.05, 3.63) is 230 Å². The zero-order chi connectivity index (χ0) is 53.5. The molecule has 12 aromatic carbocycles. The van der Waals surface area contributed by atoms with E-state index in [0.29, 0.717) is 38.4 Å². The smallest absolute Gasteiger partial charge is 0.0622 e. The molecule has 12 rings (SSSR count). The number of rotatable bonds is 5. The summed E-state index contributed by atoms with van der Waals surface area (Å²) in [5, 5.41) is 3.07. The zero-order valence-corrected chi connectivity index (χ0v) is 31.7. The third-order valence-corrected chi connectivity index (χ3v) is 11.5. The Balaban J connectivity index is 1.29. The summed E-state index contributed by atoms with van der Waals surface area (Å²) in [5.74, 6) is 0. The van der Waals surface area contributed by atoms with Crippen molar-refractivity contribution >= 4 is 64.6 Å². The van der Waals surface area contributed by atoms with Gasteiger partial charge in [-0.25, -0.2) is 0 Å². The molecule has 0 aliphatic heterocycles. The average molecular weight is 775 g/mol. The summed E-state index contributed by atoms with van der Waals surface area (Å²) >= 11 is 0. The summed E-state index contributed by atoms with van der Waals surface area (Å²) in [6, 6.07) is 32.7. The molecule has 0 fully saturated rings. The monoisotopic (exact) mass is 774 g/mol. The van der Waals surface area contributed by atoms with Crippen LogP contribution in [0.4, 0.5) is 0 Å². The van der Waals surface area contributed by atoms with Gasteiger partial charge >= 0.3 is 0 Å². The number of benzene rings is 12. The van der Waals surface area contributed by atoms with Gasteiger partial charge in [-0.05, 0) is 138 Å². The second kappa shape index (κ2) is 13.9. The van der Waals surface area contributed by atoms with E-state index in [1.165, 1.54) is 0 Å². The second-order valence-corrected chi connectivity index (χ2v) is 14.7. The van der Waals surface area contributed by atoms with E-state index >= 15 is 0 Å². The van der Waals surface area contributed by atoms with Crippen molar-refractivity contribution in [1.82, 2.24) is 0 Å². The van der Waals surface area contributed by atoms with Crippen LogP contribution in [0.2, 0.25) is 0 Å². The highest BCUT2D eigenvalue weighted by Gasteiger charge is 2.20. The summed E-state index contributed by atoms with van der Waals surface area (Å²) in [7, 11) is 0. The predicted molar refractivity (Wildman–Crippen MR) is 259 cm³/mol. The Bertz CT molecular complexity index is 4400. The van der Waals surface area contributed by atoms with Crippen molar-refractivity contribution in [3.63, 3.8) is 0 Å². The Morgan fingerprint density at radius 1 is 0.233 bits per heavy atom. The van der Waals surface area contributed by atoms with E-state index in [0.717, 1.165) is 16.5 Å². The van der Waals surface area contributed by atoms with Gasteiger partial charge in [-0.1, -0.05) is 212 Å². The van der Waals surface area contributed by atoms with Gasteiger partial charge < -0.3 is 0 Å². The van der Waals surface area contributed by atoms with Crippen LogP contribution in [0.15, 0.2) is 230 Å². The molecule has 0 heterocycles. The minimum absolute atomic E-state index is 0.0469. The molecule has 0 atom stereocenters. The van der Waals surface area contributed by atoms with E-state index in [4.69, 9.17) is 11.0 Å². The molecule has 0 N–H and O–H groups in total. The fourth-order valence-corrected chi connectivity index (χ4v) is 8.93. The minimum Gasteiger partial charge on any atom is -0.0622 e. The first-order valence-corrected chi connectivity index (χ1v) is 19.5. The van der Waals surface area contributed by atoms with Gasteiger partial charge in [0.2, 0.25) is 0 Å². The number of hydrogen-bond donors (Lipinski definition) is 0. The summed E-state index contributed by atoms with van der Waals surface area (Å²) in [6.07, 6.45) is 0. The maximum absolute atomic E-state index is 9.57. The first kappa shape index (κ1) is 21.8. The molecular weight excluding hydrogens is 721 g/mol. The summed E-state index contributed by atoms with van der Waals surface area (Å²) in [4.78, 5) is 0. The van der Waals surface area contributed by atoms with Crippen molar-refractivity contribution in [2.24, 2.45) is 0 Å². The molecule has 0 bridgehead atoms. The van der Waals surface area contributed by atoms with Gasteiger partial charge in [0, 0.05) is 0 Å². The summed E-state index contributed by atoms with van der Waals surface area (Å²) in [5.41, 5.74) is 4.12. The van der Waals surface area contributed by atoms with Gasteiger partial charge in [-0.15, -0.1) is 0 Å². The normalized spacial score (nSPS) is 15.4. The van der Waals surface area contributed by atoms with Crippen molar-refractivity contribution < 1.29 is 21.9 Å². The standard InChI is InChI=1S/C60H38/c1-4-18-39(19-5-1)54-36-42-32-33-43(59-50-28-14-10-24-46(50)57(40-20-6-2-7-21-40)47-25-11-15-29-51(47)59)37-55(42)56-38-44(34-35-45(54)56)60-52-30-16-12-26-48(52)58(41-22-8-3-9-23-41)49-27-13-17-31-53(49)60/h1-38H/i10D,11D,12D,13D,14D,15D,16D,17D,24D,25D,26D,27D,28D,29D,30D,31D. The molecule has 0 aromatic heterocycles. The van der Waals surface area contributed by atoms with E-state index in [1.54, 1.807) is 72.8 Å². The lowest BCUT2D eigenvalue weighted by Crippen LogP contribution is -1.92. The highest BCUT2D eigenvalue weighted by molar-refractivity contribution is 6.25. The van der Waals surface area contributed by atoms with Crippen molar-refractivity contribution in [2.75, 3.05) is 0 Å². The Morgan fingerprint density at radius 2 is 0.567 bits per heavy atom. The molecule has 0 nitrogen and oxygen atoms in total. The third kappa shape index (κ3) is 5.39. The molecule has 0 spiro atoms. The molecule has 0 aliphatic carbocycles. The molecule has 0 amide bonds. The zero-order valence-electron chi connectivity index (χ0n) is 47.7. The SMILES string of the molecule is [2H]c1c([2H])c([2H])c2c(-c3ccc4cc(-c5ccccc5)c5ccc(-c6c7c([2H])c([2H])c([2H])c([2H])c7c(-c7ccccc7)c7c([2H])c([2H])c([2H])c([2H])c67)cc5c4c3)c3c([2H])c([2H])c([2H])c([2H])c3c(-c3ccccc3)c2c1[2H]. The van der Waals surface area contributed by atoms with Crippen LogP contribution in [0.3, 0.4) is 0 Å². The van der Waals surface area contributed by atoms with Crippen LogP contribution >= 0.6 is 0 Å². The van der Waals surface area contributed by atoms with E-state index < -0.39 is 72.5 Å². The molecule has 0 aliphatic rings. The van der Waals surface area contributed by atoms with E-state index in [2.05, 4.69) is 0 Å². The first-order valence-electron chi connectivity index (χ1n) is 27.5. The topological polar surface area (TPSA) is 0 Å². The molecule has 0 radical (unpaired) electrons. The van der Waals surface area contributed by atoms with Crippen LogP contribution in [0.5, 0.6) is 0 Å². The Hall–Kier alpha value is -7.80. The Kier molecular flexibility index (Phi) is 5.07. The molecule has 0 unspecified atom stereocenters. The van der Waals surface area contributed by atoms with E-state index in [9.17, 15) is 11.0 Å². The lowest BCUT2D eigenvalue weighted by Gasteiger charge is -2.20. The maximum atomic E-state index is 9.57. The largest absolute Gasteiger partial charge is 0.0629 e. The van der Waals surface area contributed by atoms with Gasteiger partial charge in [0.25, 0.3) is 0 Å². The number of hydrogen-bond acceptors (Lipinski definition) is 0. The second-order valence-electron chi connectivity index (χ2n) is 14.7. The highest BCUT2D eigenvalue weighted by atomic mass is 14.2. The molecule has 0 saturated heterocycles. The molecule has 278 valence electrons. The molecule has 0 heteroatoms. The van der Waals surface area contributed by atoms with Gasteiger partial charge in [0.15, 0.2) is 0 Å².